The molecular weight excluding hydrogens is 332 g/mol. The molecule has 6 heteroatoms. The molecular formula is C20H30N2O4. The number of hydrogen-bond donors (Lipinski definition) is 2. The van der Waals surface area contributed by atoms with Gasteiger partial charge in [0.05, 0.1) is 12.1 Å². The molecule has 1 heterocycles. The molecule has 26 heavy (non-hydrogen) atoms. The molecule has 0 spiro atoms. The number of amides is 2. The van der Waals surface area contributed by atoms with E-state index in [-0.39, 0.29) is 18.5 Å². The topological polar surface area (TPSA) is 78.9 Å². The summed E-state index contributed by atoms with van der Waals surface area (Å²) in [5.74, 6) is 0.00495. The molecule has 2 unspecified atom stereocenters. The van der Waals surface area contributed by atoms with Gasteiger partial charge in [0.25, 0.3) is 0 Å². The van der Waals surface area contributed by atoms with Crippen LogP contribution < -0.4 is 5.32 Å². The van der Waals surface area contributed by atoms with Gasteiger partial charge in [-0.15, -0.1) is 0 Å². The molecule has 0 saturated carbocycles. The molecule has 2 amide bonds. The summed E-state index contributed by atoms with van der Waals surface area (Å²) in [6.45, 7) is 9.98. The lowest BCUT2D eigenvalue weighted by Gasteiger charge is -2.30. The van der Waals surface area contributed by atoms with Gasteiger partial charge in [0, 0.05) is 19.5 Å². The van der Waals surface area contributed by atoms with Crippen molar-refractivity contribution < 1.29 is 19.4 Å². The summed E-state index contributed by atoms with van der Waals surface area (Å²) in [5, 5.41) is 13.5. The second kappa shape index (κ2) is 8.08. The van der Waals surface area contributed by atoms with E-state index in [4.69, 9.17) is 4.74 Å². The second-order valence-electron chi connectivity index (χ2n) is 7.93. The number of aryl methyl sites for hydroxylation is 2. The zero-order valence-corrected chi connectivity index (χ0v) is 16.3. The number of nitrogens with zero attached hydrogens (tertiary/aromatic N) is 1. The molecule has 0 aromatic heterocycles. The van der Waals surface area contributed by atoms with E-state index >= 15 is 0 Å². The zero-order valence-electron chi connectivity index (χ0n) is 16.3. The maximum Gasteiger partial charge on any atom is 0.407 e. The number of rotatable bonds is 5. The number of hydrogen-bond acceptors (Lipinski definition) is 4. The van der Waals surface area contributed by atoms with E-state index in [1.54, 1.807) is 25.7 Å². The molecule has 1 aliphatic rings. The third-order valence-corrected chi connectivity index (χ3v) is 4.51. The fourth-order valence-electron chi connectivity index (χ4n) is 3.25. The highest BCUT2D eigenvalue weighted by Crippen LogP contribution is 2.31. The Balaban J connectivity index is 1.99. The minimum absolute atomic E-state index is 0.00495. The van der Waals surface area contributed by atoms with E-state index in [9.17, 15) is 14.7 Å². The molecule has 144 valence electrons. The van der Waals surface area contributed by atoms with Gasteiger partial charge in [0.2, 0.25) is 5.91 Å². The number of likely N-dealkylation sites (tertiary alicyclic amines) is 1. The zero-order chi connectivity index (χ0) is 19.5. The van der Waals surface area contributed by atoms with Crippen LogP contribution in [0.25, 0.3) is 0 Å². The minimum atomic E-state index is -0.733. The first-order valence-electron chi connectivity index (χ1n) is 9.10. The number of carbonyl (C=O) groups is 2. The predicted octanol–water partition coefficient (Wildman–Crippen LogP) is 2.85. The monoisotopic (exact) mass is 362 g/mol. The molecule has 1 fully saturated rings. The Morgan fingerprint density at radius 1 is 1.38 bits per heavy atom. The Morgan fingerprint density at radius 2 is 2.08 bits per heavy atom. The van der Waals surface area contributed by atoms with Crippen molar-refractivity contribution in [2.75, 3.05) is 13.1 Å². The average molecular weight is 362 g/mol. The van der Waals surface area contributed by atoms with Gasteiger partial charge in [-0.25, -0.2) is 4.79 Å². The predicted molar refractivity (Wildman–Crippen MR) is 99.8 cm³/mol. The summed E-state index contributed by atoms with van der Waals surface area (Å²) >= 11 is 0. The Morgan fingerprint density at radius 3 is 2.73 bits per heavy atom. The minimum Gasteiger partial charge on any atom is -0.444 e. The molecule has 1 aromatic rings. The van der Waals surface area contributed by atoms with Gasteiger partial charge in [-0.2, -0.15) is 0 Å². The molecule has 1 aromatic carbocycles. The Bertz CT molecular complexity index is 666. The molecule has 2 N–H and O–H groups in total. The van der Waals surface area contributed by atoms with Crippen LogP contribution in [0.1, 0.15) is 56.4 Å². The van der Waals surface area contributed by atoms with E-state index in [1.165, 1.54) is 0 Å². The van der Waals surface area contributed by atoms with E-state index in [1.807, 2.05) is 32.0 Å². The van der Waals surface area contributed by atoms with Crippen molar-refractivity contribution in [2.45, 2.75) is 65.2 Å². The summed E-state index contributed by atoms with van der Waals surface area (Å²) in [6.07, 6.45) is -0.211. The number of aliphatic hydroxyl groups is 1. The molecule has 2 rings (SSSR count). The maximum atomic E-state index is 12.2. The molecule has 1 saturated heterocycles. The number of benzene rings is 1. The third kappa shape index (κ3) is 5.21. The van der Waals surface area contributed by atoms with Crippen molar-refractivity contribution in [3.8, 4) is 0 Å². The van der Waals surface area contributed by atoms with Crippen molar-refractivity contribution in [1.82, 2.24) is 10.2 Å². The normalized spacial score (nSPS) is 18.8. The fraction of sp³-hybridized carbons (Fsp3) is 0.600. The first kappa shape index (κ1) is 20.2. The first-order valence-corrected chi connectivity index (χ1v) is 9.10. The number of carbonyl (C=O) groups excluding carboxylic acids is 2. The standard InChI is InChI=1S/C20H30N2O4/c1-13-6-7-14(2)15(12-13)18(24)16-8-9-17(23)22(16)11-10-21-19(25)26-20(3,4)5/h6-7,12,16,18,24H,8-11H2,1-5H3,(H,21,25). The molecule has 2 atom stereocenters. The van der Waals surface area contributed by atoms with Crippen LogP contribution in [-0.4, -0.2) is 46.7 Å². The highest BCUT2D eigenvalue weighted by molar-refractivity contribution is 5.79. The lowest BCUT2D eigenvalue weighted by molar-refractivity contribution is -0.130. The molecule has 1 aliphatic heterocycles. The Kier molecular flexibility index (Phi) is 6.29. The van der Waals surface area contributed by atoms with Crippen molar-refractivity contribution >= 4 is 12.0 Å². The van der Waals surface area contributed by atoms with Crippen molar-refractivity contribution in [3.63, 3.8) is 0 Å². The van der Waals surface area contributed by atoms with Crippen LogP contribution in [0.15, 0.2) is 18.2 Å². The van der Waals surface area contributed by atoms with Crippen LogP contribution in [0, 0.1) is 13.8 Å². The van der Waals surface area contributed by atoms with Crippen LogP contribution in [-0.2, 0) is 9.53 Å². The van der Waals surface area contributed by atoms with Gasteiger partial charge < -0.3 is 20.1 Å². The van der Waals surface area contributed by atoms with Gasteiger partial charge in [-0.1, -0.05) is 23.8 Å². The van der Waals surface area contributed by atoms with Gasteiger partial charge in [-0.05, 0) is 52.2 Å². The van der Waals surface area contributed by atoms with Gasteiger partial charge in [-0.3, -0.25) is 4.79 Å². The fourth-order valence-corrected chi connectivity index (χ4v) is 3.25. The molecule has 0 aliphatic carbocycles. The van der Waals surface area contributed by atoms with Gasteiger partial charge in [0.15, 0.2) is 0 Å². The van der Waals surface area contributed by atoms with E-state index in [0.717, 1.165) is 16.7 Å². The van der Waals surface area contributed by atoms with Gasteiger partial charge >= 0.3 is 6.09 Å². The Hall–Kier alpha value is -2.08. The van der Waals surface area contributed by atoms with Crippen molar-refractivity contribution in [2.24, 2.45) is 0 Å². The van der Waals surface area contributed by atoms with Gasteiger partial charge in [0.1, 0.15) is 5.60 Å². The summed E-state index contributed by atoms with van der Waals surface area (Å²) in [6, 6.07) is 5.69. The number of nitrogens with one attached hydrogen (secondary N) is 1. The summed E-state index contributed by atoms with van der Waals surface area (Å²) in [5.41, 5.74) is 2.38. The molecule has 6 nitrogen and oxygen atoms in total. The third-order valence-electron chi connectivity index (χ3n) is 4.51. The SMILES string of the molecule is Cc1ccc(C)c(C(O)C2CCC(=O)N2CCNC(=O)OC(C)(C)C)c1. The maximum absolute atomic E-state index is 12.2. The average Bonchev–Trinajstić information content (AvgIpc) is 2.88. The number of aliphatic hydroxyl groups excluding tert-OH is 1. The van der Waals surface area contributed by atoms with Crippen LogP contribution in [0.3, 0.4) is 0 Å². The lowest BCUT2D eigenvalue weighted by atomic mass is 9.95. The van der Waals surface area contributed by atoms with E-state index in [2.05, 4.69) is 5.32 Å². The van der Waals surface area contributed by atoms with Crippen LogP contribution in [0.2, 0.25) is 0 Å². The lowest BCUT2D eigenvalue weighted by Crippen LogP contribution is -2.43. The second-order valence-corrected chi connectivity index (χ2v) is 7.93. The van der Waals surface area contributed by atoms with Crippen LogP contribution in [0.5, 0.6) is 0 Å². The number of alkyl carbamates (subject to hydrolysis) is 1. The highest BCUT2D eigenvalue weighted by Gasteiger charge is 2.36. The molecule has 0 bridgehead atoms. The van der Waals surface area contributed by atoms with Crippen molar-refractivity contribution in [3.05, 3.63) is 34.9 Å². The van der Waals surface area contributed by atoms with Crippen LogP contribution in [0.4, 0.5) is 4.79 Å². The number of ether oxygens (including phenoxy) is 1. The van der Waals surface area contributed by atoms with Crippen LogP contribution >= 0.6 is 0 Å². The summed E-state index contributed by atoms with van der Waals surface area (Å²) in [4.78, 5) is 25.7. The highest BCUT2D eigenvalue weighted by atomic mass is 16.6. The smallest absolute Gasteiger partial charge is 0.407 e. The van der Waals surface area contributed by atoms with Crippen molar-refractivity contribution in [1.29, 1.82) is 0 Å². The van der Waals surface area contributed by atoms with E-state index < -0.39 is 17.8 Å². The Labute approximate surface area is 155 Å². The summed E-state index contributed by atoms with van der Waals surface area (Å²) in [7, 11) is 0. The largest absolute Gasteiger partial charge is 0.444 e. The summed E-state index contributed by atoms with van der Waals surface area (Å²) < 4.78 is 5.20. The first-order chi connectivity index (χ1) is 12.1. The molecule has 0 radical (unpaired) electrons. The quantitative estimate of drug-likeness (QED) is 0.844. The van der Waals surface area contributed by atoms with E-state index in [0.29, 0.717) is 19.4 Å².